The van der Waals surface area contributed by atoms with Crippen LogP contribution in [0.3, 0.4) is 0 Å². The van der Waals surface area contributed by atoms with Gasteiger partial charge in [-0.15, -0.1) is 0 Å². The van der Waals surface area contributed by atoms with Gasteiger partial charge in [-0.2, -0.15) is 0 Å². The number of aromatic nitrogens is 2. The van der Waals surface area contributed by atoms with Crippen molar-refractivity contribution in [3.8, 4) is 0 Å². The predicted molar refractivity (Wildman–Crippen MR) is 130 cm³/mol. The number of nitrogens with one attached hydrogen (secondary N) is 2. The van der Waals surface area contributed by atoms with Crippen molar-refractivity contribution in [2.45, 2.75) is 18.6 Å². The smallest absolute Gasteiger partial charge is 0.244 e. The molecule has 4 aromatic rings. The van der Waals surface area contributed by atoms with Crippen LogP contribution >= 0.6 is 23.4 Å². The Morgan fingerprint density at radius 3 is 2.58 bits per heavy atom. The molecule has 0 unspecified atom stereocenters. The zero-order valence-electron chi connectivity index (χ0n) is 17.6. The molecule has 0 atom stereocenters. The lowest BCUT2D eigenvalue weighted by atomic mass is 10.2. The summed E-state index contributed by atoms with van der Waals surface area (Å²) in [4.78, 5) is 29.8. The summed E-state index contributed by atoms with van der Waals surface area (Å²) < 4.78 is 14.8. The molecule has 0 aliphatic carbocycles. The number of nitrogens with zero attached hydrogens (tertiary/aromatic N) is 2. The SMILES string of the molecule is Cc1ccc(Cl)cc1NC(=O)Cn1c(SCC(=O)Nc2ccc(F)cc2)nc2ccccc21. The highest BCUT2D eigenvalue weighted by atomic mass is 35.5. The standard InChI is InChI=1S/C24H20ClFN4O2S/c1-15-6-7-16(25)12-20(15)28-22(31)13-30-21-5-3-2-4-19(21)29-24(30)33-14-23(32)27-18-10-8-17(26)9-11-18/h2-12H,13-14H2,1H3,(H,27,32)(H,28,31). The van der Waals surface area contributed by atoms with E-state index in [-0.39, 0.29) is 29.9 Å². The van der Waals surface area contributed by atoms with Crippen LogP contribution in [0.2, 0.25) is 5.02 Å². The summed E-state index contributed by atoms with van der Waals surface area (Å²) in [6.07, 6.45) is 0. The Morgan fingerprint density at radius 2 is 1.79 bits per heavy atom. The molecule has 33 heavy (non-hydrogen) atoms. The van der Waals surface area contributed by atoms with Crippen molar-refractivity contribution >= 4 is 57.6 Å². The van der Waals surface area contributed by atoms with Crippen LogP contribution in [0.25, 0.3) is 11.0 Å². The van der Waals surface area contributed by atoms with Crippen molar-refractivity contribution in [3.63, 3.8) is 0 Å². The number of para-hydroxylation sites is 2. The number of benzene rings is 3. The van der Waals surface area contributed by atoms with Crippen LogP contribution in [0.4, 0.5) is 15.8 Å². The third-order valence-electron chi connectivity index (χ3n) is 4.86. The largest absolute Gasteiger partial charge is 0.325 e. The number of thioether (sulfide) groups is 1. The van der Waals surface area contributed by atoms with Gasteiger partial charge in [0.25, 0.3) is 0 Å². The third-order valence-corrected chi connectivity index (χ3v) is 6.07. The summed E-state index contributed by atoms with van der Waals surface area (Å²) in [5, 5.41) is 6.69. The van der Waals surface area contributed by atoms with Crippen molar-refractivity contribution in [3.05, 3.63) is 83.1 Å². The normalized spacial score (nSPS) is 10.9. The maximum Gasteiger partial charge on any atom is 0.244 e. The fraction of sp³-hybridized carbons (Fsp3) is 0.125. The Bertz CT molecular complexity index is 1320. The molecule has 0 fully saturated rings. The number of fused-ring (bicyclic) bond motifs is 1. The van der Waals surface area contributed by atoms with E-state index >= 15 is 0 Å². The highest BCUT2D eigenvalue weighted by Gasteiger charge is 2.16. The average molecular weight is 483 g/mol. The number of carbonyl (C=O) groups is 2. The van der Waals surface area contributed by atoms with E-state index in [0.717, 1.165) is 16.6 Å². The second-order valence-corrected chi connectivity index (χ2v) is 8.70. The second kappa shape index (κ2) is 10.1. The molecule has 0 radical (unpaired) electrons. The minimum Gasteiger partial charge on any atom is -0.325 e. The highest BCUT2D eigenvalue weighted by molar-refractivity contribution is 7.99. The number of amides is 2. The highest BCUT2D eigenvalue weighted by Crippen LogP contribution is 2.25. The molecule has 168 valence electrons. The Balaban J connectivity index is 1.49. The van der Waals surface area contributed by atoms with Crippen molar-refractivity contribution < 1.29 is 14.0 Å². The summed E-state index contributed by atoms with van der Waals surface area (Å²) >= 11 is 7.28. The molecule has 2 amide bonds. The number of hydrogen-bond donors (Lipinski definition) is 2. The minimum atomic E-state index is -0.373. The zero-order chi connectivity index (χ0) is 23.4. The van der Waals surface area contributed by atoms with Crippen molar-refractivity contribution in [2.24, 2.45) is 0 Å². The maximum atomic E-state index is 13.1. The molecular weight excluding hydrogens is 463 g/mol. The monoisotopic (exact) mass is 482 g/mol. The number of aryl methyl sites for hydroxylation is 1. The molecule has 0 saturated heterocycles. The first-order chi connectivity index (χ1) is 15.9. The number of carbonyl (C=O) groups excluding carboxylic acids is 2. The fourth-order valence-electron chi connectivity index (χ4n) is 3.24. The molecule has 0 aliphatic rings. The van der Waals surface area contributed by atoms with Gasteiger partial charge in [0.1, 0.15) is 12.4 Å². The summed E-state index contributed by atoms with van der Waals surface area (Å²) in [7, 11) is 0. The quantitative estimate of drug-likeness (QED) is 0.341. The van der Waals surface area contributed by atoms with E-state index in [1.807, 2.05) is 37.3 Å². The number of rotatable bonds is 7. The molecule has 0 saturated carbocycles. The summed E-state index contributed by atoms with van der Waals surface area (Å²) in [6.45, 7) is 1.91. The summed E-state index contributed by atoms with van der Waals surface area (Å²) in [6, 6.07) is 18.3. The van der Waals surface area contributed by atoms with Gasteiger partial charge < -0.3 is 15.2 Å². The molecule has 1 heterocycles. The third kappa shape index (κ3) is 5.71. The van der Waals surface area contributed by atoms with Gasteiger partial charge in [0.2, 0.25) is 11.8 Å². The van der Waals surface area contributed by atoms with Gasteiger partial charge in [-0.05, 0) is 61.0 Å². The number of imidazole rings is 1. The Morgan fingerprint density at radius 1 is 1.03 bits per heavy atom. The molecule has 0 bridgehead atoms. The first-order valence-electron chi connectivity index (χ1n) is 10.1. The number of hydrogen-bond acceptors (Lipinski definition) is 4. The Labute approximate surface area is 199 Å². The summed E-state index contributed by atoms with van der Waals surface area (Å²) in [5.74, 6) is -0.789. The lowest BCUT2D eigenvalue weighted by molar-refractivity contribution is -0.117. The maximum absolute atomic E-state index is 13.1. The number of halogens is 2. The van der Waals surface area contributed by atoms with E-state index in [1.165, 1.54) is 36.0 Å². The molecule has 2 N–H and O–H groups in total. The van der Waals surface area contributed by atoms with Crippen molar-refractivity contribution in [1.82, 2.24) is 9.55 Å². The average Bonchev–Trinajstić information content (AvgIpc) is 3.14. The first-order valence-corrected chi connectivity index (χ1v) is 11.4. The minimum absolute atomic E-state index is 0.0222. The van der Waals surface area contributed by atoms with Crippen molar-refractivity contribution in [2.75, 3.05) is 16.4 Å². The van der Waals surface area contributed by atoms with Crippen LogP contribution in [0.1, 0.15) is 5.56 Å². The molecule has 0 spiro atoms. The van der Waals surface area contributed by atoms with Gasteiger partial charge in [0, 0.05) is 16.4 Å². The lowest BCUT2D eigenvalue weighted by Crippen LogP contribution is -2.20. The topological polar surface area (TPSA) is 76.0 Å². The molecule has 1 aromatic heterocycles. The van der Waals surface area contributed by atoms with Crippen molar-refractivity contribution in [1.29, 1.82) is 0 Å². The van der Waals surface area contributed by atoms with Crippen LogP contribution in [0.5, 0.6) is 0 Å². The van der Waals surface area contributed by atoms with E-state index in [2.05, 4.69) is 15.6 Å². The van der Waals surface area contributed by atoms with Gasteiger partial charge in [-0.3, -0.25) is 9.59 Å². The zero-order valence-corrected chi connectivity index (χ0v) is 19.2. The van der Waals surface area contributed by atoms with E-state index < -0.39 is 0 Å². The second-order valence-electron chi connectivity index (χ2n) is 7.32. The molecule has 3 aromatic carbocycles. The Hall–Kier alpha value is -3.36. The summed E-state index contributed by atoms with van der Waals surface area (Å²) in [5.41, 5.74) is 3.56. The van der Waals surface area contributed by atoms with E-state index in [9.17, 15) is 14.0 Å². The number of anilines is 2. The first kappa shape index (κ1) is 22.8. The van der Waals surface area contributed by atoms with Crippen LogP contribution in [0, 0.1) is 12.7 Å². The van der Waals surface area contributed by atoms with Gasteiger partial charge in [-0.1, -0.05) is 41.6 Å². The van der Waals surface area contributed by atoms with Crippen LogP contribution in [-0.4, -0.2) is 27.1 Å². The van der Waals surface area contributed by atoms with Gasteiger partial charge >= 0.3 is 0 Å². The predicted octanol–water partition coefficient (Wildman–Crippen LogP) is 5.51. The van der Waals surface area contributed by atoms with Gasteiger partial charge in [0.05, 0.1) is 16.8 Å². The Kier molecular flexibility index (Phi) is 6.96. The molecular formula is C24H20ClFN4O2S. The molecule has 4 rings (SSSR count). The van der Waals surface area contributed by atoms with Crippen LogP contribution in [0.15, 0.2) is 71.9 Å². The molecule has 9 heteroatoms. The lowest BCUT2D eigenvalue weighted by Gasteiger charge is -2.12. The van der Waals surface area contributed by atoms with Gasteiger partial charge in [0.15, 0.2) is 5.16 Å². The van der Waals surface area contributed by atoms with E-state index in [1.54, 1.807) is 16.7 Å². The van der Waals surface area contributed by atoms with E-state index in [4.69, 9.17) is 11.6 Å². The van der Waals surface area contributed by atoms with E-state index in [0.29, 0.717) is 21.6 Å². The molecule has 0 aliphatic heterocycles. The van der Waals surface area contributed by atoms with Gasteiger partial charge in [-0.25, -0.2) is 9.37 Å². The fourth-order valence-corrected chi connectivity index (χ4v) is 4.23. The molecule has 6 nitrogen and oxygen atoms in total. The van der Waals surface area contributed by atoms with Crippen LogP contribution < -0.4 is 10.6 Å². The van der Waals surface area contributed by atoms with Crippen LogP contribution in [-0.2, 0) is 16.1 Å².